The van der Waals surface area contributed by atoms with E-state index in [1.807, 2.05) is 29.2 Å². The van der Waals surface area contributed by atoms with Crippen LogP contribution >= 0.6 is 0 Å². The molecule has 0 aliphatic carbocycles. The third kappa shape index (κ3) is 5.31. The maximum atomic E-state index is 13.3. The van der Waals surface area contributed by atoms with E-state index < -0.39 is 11.8 Å². The van der Waals surface area contributed by atoms with Gasteiger partial charge in [0.15, 0.2) is 0 Å². The molecule has 3 aliphatic heterocycles. The monoisotopic (exact) mass is 545 g/mol. The van der Waals surface area contributed by atoms with Crippen molar-refractivity contribution < 1.29 is 23.2 Å². The zero-order chi connectivity index (χ0) is 27.6. The summed E-state index contributed by atoms with van der Waals surface area (Å²) in [5.41, 5.74) is 4.59. The largest absolute Gasteiger partial charge is 0.468 e. The SMILES string of the molecule is O=C(NCC(c1ccco1)N1CCN(c2ccc(F)cc2)CC1)C(=O)Nc1cc2c3c(c1)CCC(=O)N3CCC2. The Labute approximate surface area is 231 Å². The molecule has 2 aromatic carbocycles. The first-order valence-corrected chi connectivity index (χ1v) is 13.8. The van der Waals surface area contributed by atoms with Gasteiger partial charge in [0, 0.05) is 57.1 Å². The molecule has 40 heavy (non-hydrogen) atoms. The highest BCUT2D eigenvalue weighted by molar-refractivity contribution is 6.39. The van der Waals surface area contributed by atoms with Gasteiger partial charge in [0.2, 0.25) is 5.91 Å². The zero-order valence-electron chi connectivity index (χ0n) is 22.2. The normalized spacial score (nSPS) is 17.8. The van der Waals surface area contributed by atoms with Crippen LogP contribution in [0.3, 0.4) is 0 Å². The minimum Gasteiger partial charge on any atom is -0.468 e. The molecule has 1 fully saturated rings. The van der Waals surface area contributed by atoms with Crippen LogP contribution in [0.1, 0.15) is 35.8 Å². The summed E-state index contributed by atoms with van der Waals surface area (Å²) in [6, 6.07) is 13.7. The number of nitrogens with zero attached hydrogens (tertiary/aromatic N) is 3. The maximum absolute atomic E-state index is 13.3. The third-order valence-electron chi connectivity index (χ3n) is 8.01. The summed E-state index contributed by atoms with van der Waals surface area (Å²) in [6.07, 6.45) is 4.40. The number of piperazine rings is 1. The van der Waals surface area contributed by atoms with Crippen LogP contribution in [0.2, 0.25) is 0 Å². The fourth-order valence-corrected chi connectivity index (χ4v) is 6.02. The summed E-state index contributed by atoms with van der Waals surface area (Å²) >= 11 is 0. The second kappa shape index (κ2) is 11.1. The fourth-order valence-electron chi connectivity index (χ4n) is 6.02. The van der Waals surface area contributed by atoms with Gasteiger partial charge in [-0.3, -0.25) is 19.3 Å². The molecule has 3 aromatic rings. The molecule has 1 saturated heterocycles. The Hall–Kier alpha value is -4.18. The van der Waals surface area contributed by atoms with Crippen LogP contribution in [-0.4, -0.2) is 61.9 Å². The number of hydrogen-bond donors (Lipinski definition) is 2. The Morgan fingerprint density at radius 3 is 2.40 bits per heavy atom. The first-order chi connectivity index (χ1) is 19.5. The number of carbonyl (C=O) groups is 3. The van der Waals surface area contributed by atoms with Crippen molar-refractivity contribution in [1.82, 2.24) is 10.2 Å². The topological polar surface area (TPSA) is 98.1 Å². The number of halogens is 1. The Morgan fingerprint density at radius 1 is 0.925 bits per heavy atom. The third-order valence-corrected chi connectivity index (χ3v) is 8.01. The van der Waals surface area contributed by atoms with Gasteiger partial charge < -0.3 is 24.9 Å². The molecule has 208 valence electrons. The quantitative estimate of drug-likeness (QED) is 0.462. The summed E-state index contributed by atoms with van der Waals surface area (Å²) in [5, 5.41) is 5.55. The summed E-state index contributed by atoms with van der Waals surface area (Å²) in [4.78, 5) is 44.3. The predicted octanol–water partition coefficient (Wildman–Crippen LogP) is 3.26. The van der Waals surface area contributed by atoms with Crippen LogP contribution in [0.15, 0.2) is 59.2 Å². The van der Waals surface area contributed by atoms with Gasteiger partial charge in [-0.05, 0) is 78.9 Å². The maximum Gasteiger partial charge on any atom is 0.313 e. The van der Waals surface area contributed by atoms with E-state index in [1.54, 1.807) is 18.4 Å². The molecule has 10 heteroatoms. The van der Waals surface area contributed by atoms with Gasteiger partial charge in [-0.15, -0.1) is 0 Å². The lowest BCUT2D eigenvalue weighted by Gasteiger charge is -2.39. The highest BCUT2D eigenvalue weighted by atomic mass is 19.1. The van der Waals surface area contributed by atoms with E-state index in [-0.39, 0.29) is 24.3 Å². The average Bonchev–Trinajstić information content (AvgIpc) is 3.50. The molecule has 4 heterocycles. The fraction of sp³-hybridized carbons (Fsp3) is 0.367. The number of hydrogen-bond acceptors (Lipinski definition) is 6. The van der Waals surface area contributed by atoms with E-state index >= 15 is 0 Å². The Balaban J connectivity index is 1.08. The first-order valence-electron chi connectivity index (χ1n) is 13.8. The van der Waals surface area contributed by atoms with Gasteiger partial charge in [0.25, 0.3) is 0 Å². The molecular formula is C30H32FN5O4. The van der Waals surface area contributed by atoms with Crippen molar-refractivity contribution >= 4 is 34.8 Å². The van der Waals surface area contributed by atoms with Gasteiger partial charge in [0.05, 0.1) is 18.0 Å². The standard InChI is InChI=1S/C30H32FN5O4/c31-22-6-8-24(9-7-22)34-12-14-35(15-13-34)25(26-4-2-16-40-26)19-32-29(38)30(39)33-23-17-20-3-1-11-36-27(37)10-5-21(18-23)28(20)36/h2,4,6-9,16-18,25H,1,3,5,10-15,19H2,(H,32,38)(H,33,39). The van der Waals surface area contributed by atoms with Gasteiger partial charge in [-0.1, -0.05) is 0 Å². The molecule has 3 aliphatic rings. The van der Waals surface area contributed by atoms with Crippen molar-refractivity contribution in [1.29, 1.82) is 0 Å². The molecule has 0 spiro atoms. The van der Waals surface area contributed by atoms with E-state index in [9.17, 15) is 18.8 Å². The molecule has 0 radical (unpaired) electrons. The van der Waals surface area contributed by atoms with E-state index in [4.69, 9.17) is 4.42 Å². The van der Waals surface area contributed by atoms with Crippen molar-refractivity contribution in [3.63, 3.8) is 0 Å². The molecule has 9 nitrogen and oxygen atoms in total. The van der Waals surface area contributed by atoms with Crippen LogP contribution in [0.25, 0.3) is 0 Å². The second-order valence-electron chi connectivity index (χ2n) is 10.5. The number of furan rings is 1. The molecule has 1 aromatic heterocycles. The number of benzene rings is 2. The van der Waals surface area contributed by atoms with Gasteiger partial charge in [-0.25, -0.2) is 4.39 Å². The number of aryl methyl sites for hydroxylation is 2. The van der Waals surface area contributed by atoms with Crippen LogP contribution in [-0.2, 0) is 27.2 Å². The summed E-state index contributed by atoms with van der Waals surface area (Å²) in [5.74, 6) is -0.850. The van der Waals surface area contributed by atoms with Crippen molar-refractivity contribution in [2.24, 2.45) is 0 Å². The van der Waals surface area contributed by atoms with Gasteiger partial charge >= 0.3 is 11.8 Å². The molecule has 2 N–H and O–H groups in total. The van der Waals surface area contributed by atoms with Crippen molar-refractivity contribution in [3.8, 4) is 0 Å². The van der Waals surface area contributed by atoms with Gasteiger partial charge in [0.1, 0.15) is 11.6 Å². The number of anilines is 3. The molecule has 1 unspecified atom stereocenters. The predicted molar refractivity (Wildman–Crippen MR) is 149 cm³/mol. The van der Waals surface area contributed by atoms with Crippen molar-refractivity contribution in [2.75, 3.05) is 54.4 Å². The Morgan fingerprint density at radius 2 is 1.68 bits per heavy atom. The average molecular weight is 546 g/mol. The number of amides is 3. The smallest absolute Gasteiger partial charge is 0.313 e. The lowest BCUT2D eigenvalue weighted by atomic mass is 9.91. The molecule has 3 amide bonds. The summed E-state index contributed by atoms with van der Waals surface area (Å²) in [6.45, 7) is 3.83. The summed E-state index contributed by atoms with van der Waals surface area (Å²) in [7, 11) is 0. The zero-order valence-corrected chi connectivity index (χ0v) is 22.2. The summed E-state index contributed by atoms with van der Waals surface area (Å²) < 4.78 is 19.0. The van der Waals surface area contributed by atoms with Gasteiger partial charge in [-0.2, -0.15) is 0 Å². The number of rotatable bonds is 6. The minimum atomic E-state index is -0.731. The van der Waals surface area contributed by atoms with Crippen LogP contribution in [0.4, 0.5) is 21.5 Å². The lowest BCUT2D eigenvalue weighted by molar-refractivity contribution is -0.136. The van der Waals surface area contributed by atoms with E-state index in [0.717, 1.165) is 55.0 Å². The first kappa shape index (κ1) is 26.1. The van der Waals surface area contributed by atoms with Crippen LogP contribution in [0, 0.1) is 5.82 Å². The number of carbonyl (C=O) groups excluding carboxylic acids is 3. The Kier molecular flexibility index (Phi) is 7.25. The molecule has 0 bridgehead atoms. The molecule has 1 atom stereocenters. The molecule has 6 rings (SSSR count). The second-order valence-corrected chi connectivity index (χ2v) is 10.5. The molecular weight excluding hydrogens is 513 g/mol. The van der Waals surface area contributed by atoms with Crippen LogP contribution < -0.4 is 20.4 Å². The highest BCUT2D eigenvalue weighted by Crippen LogP contribution is 2.38. The lowest BCUT2D eigenvalue weighted by Crippen LogP contribution is -2.50. The minimum absolute atomic E-state index is 0.146. The Bertz CT molecular complexity index is 1380. The van der Waals surface area contributed by atoms with Crippen molar-refractivity contribution in [2.45, 2.75) is 31.7 Å². The highest BCUT2D eigenvalue weighted by Gasteiger charge is 2.31. The molecule has 0 saturated carbocycles. The van der Waals surface area contributed by atoms with E-state index in [1.165, 1.54) is 12.1 Å². The number of nitrogens with one attached hydrogen (secondary N) is 2. The van der Waals surface area contributed by atoms with E-state index in [0.29, 0.717) is 37.4 Å². The van der Waals surface area contributed by atoms with Crippen LogP contribution in [0.5, 0.6) is 0 Å². The van der Waals surface area contributed by atoms with Crippen molar-refractivity contribution in [3.05, 3.63) is 77.5 Å². The van der Waals surface area contributed by atoms with E-state index in [2.05, 4.69) is 20.4 Å².